The van der Waals surface area contributed by atoms with Crippen molar-refractivity contribution in [1.29, 1.82) is 0 Å². The van der Waals surface area contributed by atoms with E-state index in [4.69, 9.17) is 15.5 Å². The number of hydrogen-bond donors (Lipinski definition) is 2. The van der Waals surface area contributed by atoms with Crippen LogP contribution in [0.2, 0.25) is 0 Å². The van der Waals surface area contributed by atoms with E-state index in [9.17, 15) is 4.79 Å². The van der Waals surface area contributed by atoms with Crippen molar-refractivity contribution in [2.45, 2.75) is 25.8 Å². The van der Waals surface area contributed by atoms with E-state index in [2.05, 4.69) is 10.5 Å². The van der Waals surface area contributed by atoms with Crippen molar-refractivity contribution >= 4 is 23.0 Å². The van der Waals surface area contributed by atoms with Gasteiger partial charge in [0.15, 0.2) is 5.71 Å². The van der Waals surface area contributed by atoms with Gasteiger partial charge in [0, 0.05) is 5.56 Å². The minimum absolute atomic E-state index is 0.112. The van der Waals surface area contributed by atoms with Crippen molar-refractivity contribution in [3.63, 3.8) is 0 Å². The minimum atomic E-state index is -0.628. The van der Waals surface area contributed by atoms with Crippen molar-refractivity contribution in [1.82, 2.24) is 0 Å². The van der Waals surface area contributed by atoms with Gasteiger partial charge in [0.05, 0.1) is 24.0 Å². The Hall–Kier alpha value is -3.15. The highest BCUT2D eigenvalue weighted by molar-refractivity contribution is 6.70. The second kappa shape index (κ2) is 7.00. The Morgan fingerprint density at radius 1 is 1.19 bits per heavy atom. The van der Waals surface area contributed by atoms with Gasteiger partial charge in [-0.3, -0.25) is 15.2 Å². The molecule has 0 fully saturated rings. The van der Waals surface area contributed by atoms with E-state index in [1.165, 1.54) is 0 Å². The number of carbonyl (C=O) groups is 1. The van der Waals surface area contributed by atoms with E-state index in [0.717, 1.165) is 23.3 Å². The first-order valence-electron chi connectivity index (χ1n) is 8.36. The van der Waals surface area contributed by atoms with Crippen LogP contribution < -0.4 is 15.9 Å². The van der Waals surface area contributed by atoms with Crippen LogP contribution in [-0.4, -0.2) is 30.0 Å². The van der Waals surface area contributed by atoms with Crippen LogP contribution >= 0.6 is 0 Å². The molecule has 0 aromatic heterocycles. The lowest BCUT2D eigenvalue weighted by Gasteiger charge is -2.28. The maximum Gasteiger partial charge on any atom is 0.271 e. The van der Waals surface area contributed by atoms with Crippen LogP contribution in [0.5, 0.6) is 5.75 Å². The highest BCUT2D eigenvalue weighted by Gasteiger charge is 2.30. The van der Waals surface area contributed by atoms with Gasteiger partial charge in [0.2, 0.25) is 0 Å². The highest BCUT2D eigenvalue weighted by Crippen LogP contribution is 2.27. The molecule has 26 heavy (non-hydrogen) atoms. The van der Waals surface area contributed by atoms with Crippen molar-refractivity contribution < 1.29 is 9.53 Å². The number of methoxy groups -OCH3 is 1. The molecule has 0 atom stereocenters. The average Bonchev–Trinajstić information content (AvgIpc) is 2.61. The number of benzene rings is 2. The van der Waals surface area contributed by atoms with Gasteiger partial charge in [0.1, 0.15) is 5.75 Å². The van der Waals surface area contributed by atoms with Gasteiger partial charge >= 0.3 is 0 Å². The fraction of sp³-hybridized carbons (Fsp3) is 0.250. The minimum Gasteiger partial charge on any atom is -0.497 e. The summed E-state index contributed by atoms with van der Waals surface area (Å²) in [4.78, 5) is 16.8. The molecule has 0 spiro atoms. The largest absolute Gasteiger partial charge is 0.497 e. The molecule has 0 bridgehead atoms. The van der Waals surface area contributed by atoms with Crippen LogP contribution in [0.4, 0.5) is 5.69 Å². The topological polar surface area (TPSA) is 89.1 Å². The number of fused-ring (bicyclic) bond motifs is 1. The predicted molar refractivity (Wildman–Crippen MR) is 104 cm³/mol. The molecule has 6 heteroatoms. The fourth-order valence-electron chi connectivity index (χ4n) is 2.97. The van der Waals surface area contributed by atoms with Crippen LogP contribution in [0.15, 0.2) is 58.6 Å². The van der Waals surface area contributed by atoms with Crippen LogP contribution in [-0.2, 0) is 11.2 Å². The normalized spacial score (nSPS) is 15.7. The van der Waals surface area contributed by atoms with E-state index in [-0.39, 0.29) is 11.3 Å². The van der Waals surface area contributed by atoms with Crippen LogP contribution in [0.3, 0.4) is 0 Å². The molecule has 0 aliphatic carbocycles. The first kappa shape index (κ1) is 17.7. The van der Waals surface area contributed by atoms with Gasteiger partial charge < -0.3 is 10.5 Å². The molecule has 0 saturated heterocycles. The Balaban J connectivity index is 1.98. The number of hydrazone groups is 1. The average molecular weight is 350 g/mol. The zero-order chi connectivity index (χ0) is 18.7. The van der Waals surface area contributed by atoms with Crippen LogP contribution in [0.25, 0.3) is 0 Å². The fourth-order valence-corrected chi connectivity index (χ4v) is 2.97. The maximum atomic E-state index is 12.1. The molecule has 1 heterocycles. The van der Waals surface area contributed by atoms with E-state index in [1.54, 1.807) is 19.2 Å². The molecular weight excluding hydrogens is 328 g/mol. The number of nitrogens with two attached hydrogens (primary N) is 1. The van der Waals surface area contributed by atoms with Crippen molar-refractivity contribution in [2.24, 2.45) is 15.8 Å². The van der Waals surface area contributed by atoms with E-state index >= 15 is 0 Å². The predicted octanol–water partition coefficient (Wildman–Crippen LogP) is 2.77. The summed E-state index contributed by atoms with van der Waals surface area (Å²) in [7, 11) is 1.60. The molecule has 0 radical (unpaired) electrons. The monoisotopic (exact) mass is 350 g/mol. The smallest absolute Gasteiger partial charge is 0.271 e. The lowest BCUT2D eigenvalue weighted by Crippen LogP contribution is -2.38. The molecule has 0 saturated carbocycles. The Morgan fingerprint density at radius 3 is 2.54 bits per heavy atom. The van der Waals surface area contributed by atoms with E-state index < -0.39 is 5.91 Å². The quantitative estimate of drug-likeness (QED) is 0.642. The molecule has 6 nitrogen and oxygen atoms in total. The lowest BCUT2D eigenvalue weighted by molar-refractivity contribution is -0.111. The second-order valence-electron chi connectivity index (χ2n) is 6.77. The molecule has 1 aliphatic rings. The lowest BCUT2D eigenvalue weighted by atomic mass is 9.85. The number of hydrogen-bond acceptors (Lipinski definition) is 5. The zero-order valence-electron chi connectivity index (χ0n) is 15.1. The third kappa shape index (κ3) is 3.74. The Morgan fingerprint density at radius 2 is 1.88 bits per heavy atom. The molecule has 1 amide bonds. The summed E-state index contributed by atoms with van der Waals surface area (Å²) in [5.74, 6) is 0.110. The Labute approximate surface area is 152 Å². The number of ether oxygens (including phenoxy) is 1. The van der Waals surface area contributed by atoms with Gasteiger partial charge in [-0.1, -0.05) is 24.3 Å². The summed E-state index contributed by atoms with van der Waals surface area (Å²) < 4.78 is 5.13. The molecule has 2 aromatic carbocycles. The van der Waals surface area contributed by atoms with Crippen molar-refractivity contribution in [2.75, 3.05) is 12.5 Å². The molecular formula is C20H22N4O2. The highest BCUT2D eigenvalue weighted by atomic mass is 16.5. The SMILES string of the molecule is COc1ccc(N/N=C(\C(N)=O)C2=NC(C)(C)Cc3ccccc32)cc1. The number of aliphatic imine (C=N–C) groups is 1. The Kier molecular flexibility index (Phi) is 4.75. The molecule has 1 aliphatic heterocycles. The van der Waals surface area contributed by atoms with Gasteiger partial charge in [0.25, 0.3) is 5.91 Å². The Bertz CT molecular complexity index is 883. The van der Waals surface area contributed by atoms with Gasteiger partial charge in [-0.25, -0.2) is 0 Å². The van der Waals surface area contributed by atoms with E-state index in [0.29, 0.717) is 11.4 Å². The number of primary amides is 1. The van der Waals surface area contributed by atoms with Crippen molar-refractivity contribution in [3.05, 3.63) is 59.7 Å². The summed E-state index contributed by atoms with van der Waals surface area (Å²) in [6.45, 7) is 4.05. The molecule has 3 rings (SSSR count). The van der Waals surface area contributed by atoms with Crippen LogP contribution in [0.1, 0.15) is 25.0 Å². The standard InChI is InChI=1S/C20H22N4O2/c1-20(2)12-13-6-4-5-7-16(13)17(22-20)18(19(21)25)24-23-14-8-10-15(26-3)11-9-14/h4-11,23H,12H2,1-3H3,(H2,21,25)/b24-18-. The third-order valence-corrected chi connectivity index (χ3v) is 4.15. The summed E-state index contributed by atoms with van der Waals surface area (Å²) in [6.07, 6.45) is 0.796. The summed E-state index contributed by atoms with van der Waals surface area (Å²) in [5.41, 5.74) is 11.5. The number of nitrogens with one attached hydrogen (secondary N) is 1. The van der Waals surface area contributed by atoms with Gasteiger partial charge in [-0.2, -0.15) is 5.10 Å². The molecule has 0 unspecified atom stereocenters. The zero-order valence-corrected chi connectivity index (χ0v) is 15.1. The van der Waals surface area contributed by atoms with Gasteiger partial charge in [-0.05, 0) is 50.1 Å². The summed E-state index contributed by atoms with van der Waals surface area (Å²) in [6, 6.07) is 15.1. The molecule has 2 aromatic rings. The summed E-state index contributed by atoms with van der Waals surface area (Å²) >= 11 is 0. The summed E-state index contributed by atoms with van der Waals surface area (Å²) in [5, 5.41) is 4.26. The molecule has 134 valence electrons. The molecule has 3 N–H and O–H groups in total. The second-order valence-corrected chi connectivity index (χ2v) is 6.77. The van der Waals surface area contributed by atoms with E-state index in [1.807, 2.05) is 50.2 Å². The third-order valence-electron chi connectivity index (χ3n) is 4.15. The number of rotatable bonds is 5. The van der Waals surface area contributed by atoms with Gasteiger partial charge in [-0.15, -0.1) is 0 Å². The van der Waals surface area contributed by atoms with Crippen LogP contribution in [0, 0.1) is 0 Å². The number of amides is 1. The first-order chi connectivity index (χ1) is 12.4. The number of carbonyl (C=O) groups excluding carboxylic acids is 1. The number of nitrogens with zero attached hydrogens (tertiary/aromatic N) is 2. The maximum absolute atomic E-state index is 12.1. The first-order valence-corrected chi connectivity index (χ1v) is 8.36. The van der Waals surface area contributed by atoms with Crippen molar-refractivity contribution in [3.8, 4) is 5.75 Å². The number of anilines is 1.